The van der Waals surface area contributed by atoms with Crippen molar-refractivity contribution in [2.75, 3.05) is 11.9 Å². The van der Waals surface area contributed by atoms with Gasteiger partial charge in [0.05, 0.1) is 12.7 Å². The Kier molecular flexibility index (Phi) is 4.36. The molecule has 1 aliphatic rings. The topological polar surface area (TPSA) is 59.0 Å². The van der Waals surface area contributed by atoms with Crippen LogP contribution < -0.4 is 10.6 Å². The van der Waals surface area contributed by atoms with E-state index >= 15 is 0 Å². The molecule has 1 heterocycles. The van der Waals surface area contributed by atoms with Crippen molar-refractivity contribution in [3.63, 3.8) is 0 Å². The molecular weight excluding hydrogens is 228 g/mol. The summed E-state index contributed by atoms with van der Waals surface area (Å²) in [4.78, 5) is 11.8. The van der Waals surface area contributed by atoms with Gasteiger partial charge in [-0.15, -0.1) is 0 Å². The first-order valence-corrected chi connectivity index (χ1v) is 6.73. The Balaban J connectivity index is 1.81. The average molecular weight is 250 g/mol. The van der Waals surface area contributed by atoms with Crippen LogP contribution in [0.25, 0.3) is 0 Å². The highest BCUT2D eigenvalue weighted by molar-refractivity contribution is 5.91. The molecule has 1 aromatic heterocycles. The van der Waals surface area contributed by atoms with Crippen molar-refractivity contribution in [1.82, 2.24) is 15.1 Å². The second kappa shape index (κ2) is 6.00. The number of nitrogens with zero attached hydrogens (tertiary/aromatic N) is 2. The number of carbonyl (C=O) groups excluding carboxylic acids is 1. The second-order valence-corrected chi connectivity index (χ2v) is 5.17. The van der Waals surface area contributed by atoms with E-state index in [-0.39, 0.29) is 11.9 Å². The van der Waals surface area contributed by atoms with Gasteiger partial charge in [-0.2, -0.15) is 5.10 Å². The van der Waals surface area contributed by atoms with Gasteiger partial charge in [0.15, 0.2) is 0 Å². The van der Waals surface area contributed by atoms with Gasteiger partial charge in [0.25, 0.3) is 0 Å². The Hall–Kier alpha value is -1.36. The molecule has 2 rings (SSSR count). The van der Waals surface area contributed by atoms with Crippen LogP contribution in [0.5, 0.6) is 0 Å². The minimum absolute atomic E-state index is 0.00398. The molecule has 0 spiro atoms. The molecule has 18 heavy (non-hydrogen) atoms. The Morgan fingerprint density at radius 2 is 2.22 bits per heavy atom. The lowest BCUT2D eigenvalue weighted by Crippen LogP contribution is -2.34. The standard InChI is InChI=1S/C13H22N4O/c1-10(2)17-12(7-8-15-17)16-13(18)9-14-11-5-3-4-6-11/h7-8,10-11,14H,3-6,9H2,1-2H3,(H,16,18). The molecule has 100 valence electrons. The number of rotatable bonds is 5. The van der Waals surface area contributed by atoms with Crippen LogP contribution in [0.1, 0.15) is 45.6 Å². The zero-order valence-corrected chi connectivity index (χ0v) is 11.1. The summed E-state index contributed by atoms with van der Waals surface area (Å²) in [5.41, 5.74) is 0. The van der Waals surface area contributed by atoms with Crippen molar-refractivity contribution in [2.24, 2.45) is 0 Å². The van der Waals surface area contributed by atoms with E-state index in [1.807, 2.05) is 24.6 Å². The van der Waals surface area contributed by atoms with E-state index < -0.39 is 0 Å². The summed E-state index contributed by atoms with van der Waals surface area (Å²) < 4.78 is 1.81. The second-order valence-electron chi connectivity index (χ2n) is 5.17. The van der Waals surface area contributed by atoms with Crippen LogP contribution in [-0.4, -0.2) is 28.3 Å². The fourth-order valence-corrected chi connectivity index (χ4v) is 2.38. The third-order valence-electron chi connectivity index (χ3n) is 3.33. The first-order valence-electron chi connectivity index (χ1n) is 6.73. The highest BCUT2D eigenvalue weighted by Crippen LogP contribution is 2.17. The number of aromatic nitrogens is 2. The fraction of sp³-hybridized carbons (Fsp3) is 0.692. The van der Waals surface area contributed by atoms with E-state index in [0.717, 1.165) is 5.82 Å². The largest absolute Gasteiger partial charge is 0.310 e. The normalized spacial score (nSPS) is 16.4. The van der Waals surface area contributed by atoms with E-state index in [1.54, 1.807) is 6.20 Å². The number of nitrogens with one attached hydrogen (secondary N) is 2. The van der Waals surface area contributed by atoms with Crippen molar-refractivity contribution in [2.45, 2.75) is 51.6 Å². The van der Waals surface area contributed by atoms with Crippen LogP contribution in [0.2, 0.25) is 0 Å². The molecule has 0 saturated heterocycles. The van der Waals surface area contributed by atoms with Crippen molar-refractivity contribution in [3.05, 3.63) is 12.3 Å². The first kappa shape index (κ1) is 13.1. The SMILES string of the molecule is CC(C)n1nccc1NC(=O)CNC1CCCC1. The number of hydrogen-bond acceptors (Lipinski definition) is 3. The van der Waals surface area contributed by atoms with Crippen molar-refractivity contribution in [3.8, 4) is 0 Å². The van der Waals surface area contributed by atoms with Crippen LogP contribution in [0.4, 0.5) is 5.82 Å². The van der Waals surface area contributed by atoms with Gasteiger partial charge in [0.2, 0.25) is 5.91 Å². The molecule has 1 aliphatic carbocycles. The number of amides is 1. The Morgan fingerprint density at radius 1 is 1.50 bits per heavy atom. The maximum atomic E-state index is 11.8. The molecule has 5 heteroatoms. The van der Waals surface area contributed by atoms with Crippen LogP contribution in [0.15, 0.2) is 12.3 Å². The van der Waals surface area contributed by atoms with Gasteiger partial charge in [0.1, 0.15) is 5.82 Å². The third-order valence-corrected chi connectivity index (χ3v) is 3.33. The molecule has 0 unspecified atom stereocenters. The molecule has 0 bridgehead atoms. The molecule has 0 aromatic carbocycles. The Bertz CT molecular complexity index is 393. The third kappa shape index (κ3) is 3.32. The van der Waals surface area contributed by atoms with Gasteiger partial charge in [-0.3, -0.25) is 4.79 Å². The molecular formula is C13H22N4O. The van der Waals surface area contributed by atoms with Crippen molar-refractivity contribution < 1.29 is 4.79 Å². The molecule has 0 aliphatic heterocycles. The predicted molar refractivity (Wildman–Crippen MR) is 71.5 cm³/mol. The van der Waals surface area contributed by atoms with Gasteiger partial charge >= 0.3 is 0 Å². The number of anilines is 1. The average Bonchev–Trinajstić information content (AvgIpc) is 2.96. The minimum atomic E-state index is 0.00398. The summed E-state index contributed by atoms with van der Waals surface area (Å²) in [5.74, 6) is 0.771. The Morgan fingerprint density at radius 3 is 2.89 bits per heavy atom. The maximum Gasteiger partial charge on any atom is 0.239 e. The fourth-order valence-electron chi connectivity index (χ4n) is 2.38. The van der Waals surface area contributed by atoms with Crippen molar-refractivity contribution in [1.29, 1.82) is 0 Å². The van der Waals surface area contributed by atoms with Gasteiger partial charge < -0.3 is 10.6 Å². The molecule has 0 radical (unpaired) electrons. The summed E-state index contributed by atoms with van der Waals surface area (Å²) in [6.07, 6.45) is 6.65. The minimum Gasteiger partial charge on any atom is -0.310 e. The van der Waals surface area contributed by atoms with E-state index in [9.17, 15) is 4.79 Å². The first-order chi connectivity index (χ1) is 8.66. The van der Waals surface area contributed by atoms with Crippen LogP contribution >= 0.6 is 0 Å². The highest BCUT2D eigenvalue weighted by atomic mass is 16.2. The summed E-state index contributed by atoms with van der Waals surface area (Å²) in [6, 6.07) is 2.59. The zero-order chi connectivity index (χ0) is 13.0. The van der Waals surface area contributed by atoms with E-state index in [2.05, 4.69) is 15.7 Å². The van der Waals surface area contributed by atoms with Crippen molar-refractivity contribution >= 4 is 11.7 Å². The lowest BCUT2D eigenvalue weighted by Gasteiger charge is -2.14. The van der Waals surface area contributed by atoms with E-state index in [0.29, 0.717) is 12.6 Å². The lowest BCUT2D eigenvalue weighted by molar-refractivity contribution is -0.115. The summed E-state index contributed by atoms with van der Waals surface area (Å²) in [6.45, 7) is 4.47. The van der Waals surface area contributed by atoms with Crippen LogP contribution in [0.3, 0.4) is 0 Å². The van der Waals surface area contributed by atoms with Gasteiger partial charge in [-0.1, -0.05) is 12.8 Å². The molecule has 1 aromatic rings. The van der Waals surface area contributed by atoms with E-state index in [4.69, 9.17) is 0 Å². The number of carbonyl (C=O) groups is 1. The molecule has 1 amide bonds. The highest BCUT2D eigenvalue weighted by Gasteiger charge is 2.16. The van der Waals surface area contributed by atoms with Gasteiger partial charge in [-0.05, 0) is 26.7 Å². The molecule has 1 saturated carbocycles. The summed E-state index contributed by atoms with van der Waals surface area (Å²) >= 11 is 0. The number of hydrogen-bond donors (Lipinski definition) is 2. The lowest BCUT2D eigenvalue weighted by atomic mass is 10.2. The predicted octanol–water partition coefficient (Wildman–Crippen LogP) is 1.93. The summed E-state index contributed by atoms with van der Waals surface area (Å²) in [5, 5.41) is 10.4. The molecule has 5 nitrogen and oxygen atoms in total. The monoisotopic (exact) mass is 250 g/mol. The van der Waals surface area contributed by atoms with Gasteiger partial charge in [0, 0.05) is 18.2 Å². The Labute approximate surface area is 108 Å². The molecule has 0 atom stereocenters. The van der Waals surface area contributed by atoms with Crippen LogP contribution in [0, 0.1) is 0 Å². The van der Waals surface area contributed by atoms with Crippen LogP contribution in [-0.2, 0) is 4.79 Å². The van der Waals surface area contributed by atoms with Gasteiger partial charge in [-0.25, -0.2) is 4.68 Å². The molecule has 1 fully saturated rings. The zero-order valence-electron chi connectivity index (χ0n) is 11.1. The van der Waals surface area contributed by atoms with E-state index in [1.165, 1.54) is 25.7 Å². The quantitative estimate of drug-likeness (QED) is 0.839. The smallest absolute Gasteiger partial charge is 0.239 e. The maximum absolute atomic E-state index is 11.8. The summed E-state index contributed by atoms with van der Waals surface area (Å²) in [7, 11) is 0. The molecule has 2 N–H and O–H groups in total.